The van der Waals surface area contributed by atoms with Gasteiger partial charge in [0.15, 0.2) is 0 Å². The molecule has 0 aliphatic carbocycles. The van der Waals surface area contributed by atoms with E-state index in [2.05, 4.69) is 15.2 Å². The zero-order chi connectivity index (χ0) is 23.8. The van der Waals surface area contributed by atoms with Crippen LogP contribution in [0.3, 0.4) is 0 Å². The minimum absolute atomic E-state index is 0.0556. The minimum Gasteiger partial charge on any atom is -0.497 e. The predicted octanol–water partition coefficient (Wildman–Crippen LogP) is 3.85. The van der Waals surface area contributed by atoms with Gasteiger partial charge in [-0.1, -0.05) is 30.3 Å². The first kappa shape index (κ1) is 23.8. The van der Waals surface area contributed by atoms with Crippen LogP contribution in [-0.4, -0.2) is 34.3 Å². The number of amides is 1. The first-order valence-electron chi connectivity index (χ1n) is 10.0. The zero-order valence-corrected chi connectivity index (χ0v) is 19.3. The molecule has 0 unspecified atom stereocenters. The fraction of sp³-hybridized carbons (Fsp3) is 0.167. The molecule has 0 fully saturated rings. The van der Waals surface area contributed by atoms with Gasteiger partial charge in [0.2, 0.25) is 0 Å². The number of nitrogens with zero attached hydrogens (tertiary/aromatic N) is 1. The lowest BCUT2D eigenvalue weighted by Crippen LogP contribution is -2.20. The first-order valence-corrected chi connectivity index (χ1v) is 11.5. The van der Waals surface area contributed by atoms with Gasteiger partial charge in [-0.15, -0.1) is 0 Å². The number of carbonyl (C=O) groups excluding carboxylic acids is 1. The molecule has 0 aromatic heterocycles. The van der Waals surface area contributed by atoms with Crippen molar-refractivity contribution in [3.63, 3.8) is 0 Å². The summed E-state index contributed by atoms with van der Waals surface area (Å²) >= 11 is 0. The summed E-state index contributed by atoms with van der Waals surface area (Å²) in [6.07, 6.45) is 0.543. The largest absolute Gasteiger partial charge is 0.497 e. The van der Waals surface area contributed by atoms with Gasteiger partial charge in [-0.2, -0.15) is 5.10 Å². The van der Waals surface area contributed by atoms with Crippen LogP contribution < -0.4 is 19.6 Å². The van der Waals surface area contributed by atoms with E-state index in [9.17, 15) is 13.2 Å². The molecule has 0 heterocycles. The zero-order valence-electron chi connectivity index (χ0n) is 18.5. The number of para-hydroxylation sites is 2. The molecule has 0 saturated carbocycles. The van der Waals surface area contributed by atoms with Crippen LogP contribution >= 0.6 is 0 Å². The van der Waals surface area contributed by atoms with Gasteiger partial charge in [0.1, 0.15) is 11.5 Å². The number of carbonyl (C=O) groups is 1. The number of benzene rings is 3. The van der Waals surface area contributed by atoms with E-state index in [-0.39, 0.29) is 10.5 Å². The number of nitrogens with one attached hydrogen (secondary N) is 2. The lowest BCUT2D eigenvalue weighted by Gasteiger charge is -2.12. The summed E-state index contributed by atoms with van der Waals surface area (Å²) in [6, 6.07) is 19.9. The highest BCUT2D eigenvalue weighted by atomic mass is 32.2. The van der Waals surface area contributed by atoms with Gasteiger partial charge in [0, 0.05) is 17.7 Å². The SMILES string of the molecule is COc1ccc(CC(C)=NNC(=O)c2cccc(S(=O)(=O)Nc3ccccc3OC)c2)cc1. The fourth-order valence-corrected chi connectivity index (χ4v) is 4.14. The molecule has 0 aliphatic rings. The minimum atomic E-state index is -3.94. The van der Waals surface area contributed by atoms with E-state index in [0.717, 1.165) is 11.3 Å². The summed E-state index contributed by atoms with van der Waals surface area (Å²) in [5.41, 5.74) is 4.65. The van der Waals surface area contributed by atoms with Crippen LogP contribution in [0.25, 0.3) is 0 Å². The molecule has 0 spiro atoms. The molecule has 1 amide bonds. The van der Waals surface area contributed by atoms with Crippen molar-refractivity contribution in [3.8, 4) is 11.5 Å². The highest BCUT2D eigenvalue weighted by Crippen LogP contribution is 2.26. The molecule has 3 aromatic carbocycles. The molecule has 0 radical (unpaired) electrons. The maximum Gasteiger partial charge on any atom is 0.271 e. The Bertz CT molecular complexity index is 1260. The monoisotopic (exact) mass is 467 g/mol. The number of hydrazone groups is 1. The second-order valence-electron chi connectivity index (χ2n) is 7.15. The van der Waals surface area contributed by atoms with Gasteiger partial charge < -0.3 is 9.47 Å². The van der Waals surface area contributed by atoms with E-state index in [0.29, 0.717) is 23.6 Å². The van der Waals surface area contributed by atoms with Crippen molar-refractivity contribution in [2.75, 3.05) is 18.9 Å². The summed E-state index contributed by atoms with van der Waals surface area (Å²) in [4.78, 5) is 12.5. The molecule has 8 nitrogen and oxygen atoms in total. The van der Waals surface area contributed by atoms with E-state index in [1.807, 2.05) is 24.3 Å². The van der Waals surface area contributed by atoms with E-state index in [1.165, 1.54) is 31.4 Å². The average Bonchev–Trinajstić information content (AvgIpc) is 2.83. The third kappa shape index (κ3) is 6.33. The topological polar surface area (TPSA) is 106 Å². The molecule has 0 aliphatic heterocycles. The van der Waals surface area contributed by atoms with Gasteiger partial charge in [-0.3, -0.25) is 9.52 Å². The number of ether oxygens (including phenoxy) is 2. The highest BCUT2D eigenvalue weighted by molar-refractivity contribution is 7.92. The quantitative estimate of drug-likeness (QED) is 0.367. The Morgan fingerprint density at radius 2 is 1.67 bits per heavy atom. The van der Waals surface area contributed by atoms with Gasteiger partial charge in [-0.25, -0.2) is 13.8 Å². The van der Waals surface area contributed by atoms with Crippen molar-refractivity contribution < 1.29 is 22.7 Å². The lowest BCUT2D eigenvalue weighted by molar-refractivity contribution is 0.0954. The Hall–Kier alpha value is -3.85. The first-order chi connectivity index (χ1) is 15.8. The molecule has 9 heteroatoms. The molecular weight excluding hydrogens is 442 g/mol. The van der Waals surface area contributed by atoms with Crippen molar-refractivity contribution in [1.82, 2.24) is 5.43 Å². The van der Waals surface area contributed by atoms with Crippen LogP contribution in [0.2, 0.25) is 0 Å². The van der Waals surface area contributed by atoms with E-state index in [1.54, 1.807) is 38.3 Å². The average molecular weight is 468 g/mol. The number of rotatable bonds is 9. The lowest BCUT2D eigenvalue weighted by atomic mass is 10.1. The van der Waals surface area contributed by atoms with Crippen LogP contribution in [0.4, 0.5) is 5.69 Å². The number of anilines is 1. The Morgan fingerprint density at radius 3 is 2.36 bits per heavy atom. The van der Waals surface area contributed by atoms with Crippen LogP contribution in [0, 0.1) is 0 Å². The van der Waals surface area contributed by atoms with Crippen LogP contribution in [0.5, 0.6) is 11.5 Å². The number of hydrogen-bond donors (Lipinski definition) is 2. The maximum atomic E-state index is 12.8. The summed E-state index contributed by atoms with van der Waals surface area (Å²) in [5, 5.41) is 4.12. The molecule has 33 heavy (non-hydrogen) atoms. The Balaban J connectivity index is 1.70. The number of sulfonamides is 1. The smallest absolute Gasteiger partial charge is 0.271 e. The normalized spacial score (nSPS) is 11.5. The summed E-state index contributed by atoms with van der Waals surface area (Å²) in [7, 11) is -0.879. The molecule has 172 valence electrons. The third-order valence-electron chi connectivity index (χ3n) is 4.73. The summed E-state index contributed by atoms with van der Waals surface area (Å²) in [6.45, 7) is 1.79. The highest BCUT2D eigenvalue weighted by Gasteiger charge is 2.18. The van der Waals surface area contributed by atoms with Crippen LogP contribution in [0.15, 0.2) is 82.8 Å². The molecule has 2 N–H and O–H groups in total. The van der Waals surface area contributed by atoms with Crippen molar-refractivity contribution in [2.24, 2.45) is 5.10 Å². The molecule has 3 aromatic rings. The van der Waals surface area contributed by atoms with Gasteiger partial charge in [0.25, 0.3) is 15.9 Å². The Morgan fingerprint density at radius 1 is 0.939 bits per heavy atom. The van der Waals surface area contributed by atoms with Crippen molar-refractivity contribution >= 4 is 27.3 Å². The van der Waals surface area contributed by atoms with Crippen molar-refractivity contribution in [1.29, 1.82) is 0 Å². The van der Waals surface area contributed by atoms with E-state index in [4.69, 9.17) is 9.47 Å². The molecule has 0 bridgehead atoms. The Kier molecular flexibility index (Phi) is 7.68. The standard InChI is InChI=1S/C24H25N3O5S/c1-17(15-18-11-13-20(31-2)14-12-18)25-26-24(28)19-7-6-8-21(16-19)33(29,30)27-22-9-4-5-10-23(22)32-3/h4-14,16,27H,15H2,1-3H3,(H,26,28). The number of hydrogen-bond acceptors (Lipinski definition) is 6. The Labute approximate surface area is 193 Å². The third-order valence-corrected chi connectivity index (χ3v) is 6.09. The summed E-state index contributed by atoms with van der Waals surface area (Å²) < 4.78 is 38.5. The molecular formula is C24H25N3O5S. The van der Waals surface area contributed by atoms with Gasteiger partial charge in [-0.05, 0) is 55.0 Å². The van der Waals surface area contributed by atoms with E-state index < -0.39 is 15.9 Å². The van der Waals surface area contributed by atoms with Gasteiger partial charge in [0.05, 0.1) is 24.8 Å². The van der Waals surface area contributed by atoms with Crippen molar-refractivity contribution in [2.45, 2.75) is 18.2 Å². The second kappa shape index (κ2) is 10.6. The summed E-state index contributed by atoms with van der Waals surface area (Å²) in [5.74, 6) is 0.631. The molecule has 3 rings (SSSR count). The van der Waals surface area contributed by atoms with Crippen LogP contribution in [0.1, 0.15) is 22.8 Å². The molecule has 0 atom stereocenters. The van der Waals surface area contributed by atoms with Gasteiger partial charge >= 0.3 is 0 Å². The molecule has 0 saturated heterocycles. The number of methoxy groups -OCH3 is 2. The fourth-order valence-electron chi connectivity index (χ4n) is 3.03. The second-order valence-corrected chi connectivity index (χ2v) is 8.83. The predicted molar refractivity (Wildman–Crippen MR) is 128 cm³/mol. The maximum absolute atomic E-state index is 12.8. The van der Waals surface area contributed by atoms with E-state index >= 15 is 0 Å². The van der Waals surface area contributed by atoms with Crippen LogP contribution in [-0.2, 0) is 16.4 Å². The van der Waals surface area contributed by atoms with Crippen molar-refractivity contribution in [3.05, 3.63) is 83.9 Å².